The predicted molar refractivity (Wildman–Crippen MR) is 31.2 cm³/mol. The third kappa shape index (κ3) is 2.17. The molecule has 0 aromatic carbocycles. The van der Waals surface area contributed by atoms with Crippen molar-refractivity contribution < 1.29 is 17.9 Å². The average Bonchev–Trinajstić information content (AvgIpc) is 1.99. The highest BCUT2D eigenvalue weighted by Crippen LogP contribution is 2.30. The number of halogens is 4. The Kier molecular flexibility index (Phi) is 2.53. The molecule has 0 aliphatic carbocycles. The Balaban J connectivity index is 0.000000490. The Morgan fingerprint density at radius 3 is 1.75 bits per heavy atom. The summed E-state index contributed by atoms with van der Waals surface area (Å²) in [5, 5.41) is 0. The summed E-state index contributed by atoms with van der Waals surface area (Å²) < 4.78 is 37.3. The van der Waals surface area contributed by atoms with Gasteiger partial charge in [-0.1, -0.05) is 0 Å². The summed E-state index contributed by atoms with van der Waals surface area (Å²) in [6.07, 6.45) is -5.56. The fraction of sp³-hybridized carbons (Fsp3) is 1.00. The fourth-order valence-electron chi connectivity index (χ4n) is 0.237. The normalized spacial score (nSPS) is 26.6. The zero-order valence-corrected chi connectivity index (χ0v) is 6.07. The SMILES string of the molecule is FC(F)(F)[C@@H]1CO1.I. The van der Waals surface area contributed by atoms with Crippen LogP contribution in [0.25, 0.3) is 0 Å². The number of alkyl halides is 3. The van der Waals surface area contributed by atoms with E-state index >= 15 is 0 Å². The molecule has 0 aromatic rings. The second-order valence-corrected chi connectivity index (χ2v) is 1.36. The molecule has 0 spiro atoms. The van der Waals surface area contributed by atoms with Gasteiger partial charge in [0.05, 0.1) is 6.61 Å². The van der Waals surface area contributed by atoms with Gasteiger partial charge in [0.25, 0.3) is 0 Å². The molecule has 1 aliphatic rings. The van der Waals surface area contributed by atoms with Crippen LogP contribution in [0.2, 0.25) is 0 Å². The maximum Gasteiger partial charge on any atom is 0.416 e. The molecule has 0 saturated carbocycles. The van der Waals surface area contributed by atoms with E-state index in [2.05, 4.69) is 4.74 Å². The van der Waals surface area contributed by atoms with Crippen molar-refractivity contribution in [2.75, 3.05) is 6.61 Å². The van der Waals surface area contributed by atoms with Crippen LogP contribution in [0.4, 0.5) is 13.2 Å². The molecule has 0 N–H and O–H groups in total. The molecule has 1 heterocycles. The van der Waals surface area contributed by atoms with E-state index in [1.165, 1.54) is 0 Å². The minimum absolute atomic E-state index is 0. The fourth-order valence-corrected chi connectivity index (χ4v) is 0.237. The summed E-state index contributed by atoms with van der Waals surface area (Å²) in [5.74, 6) is 0. The molecule has 0 amide bonds. The molecule has 1 saturated heterocycles. The van der Waals surface area contributed by atoms with Crippen LogP contribution >= 0.6 is 24.0 Å². The zero-order valence-electron chi connectivity index (χ0n) is 3.73. The Morgan fingerprint density at radius 2 is 1.75 bits per heavy atom. The predicted octanol–water partition coefficient (Wildman–Crippen LogP) is 1.57. The molecule has 0 bridgehead atoms. The van der Waals surface area contributed by atoms with Crippen LogP contribution in [-0.4, -0.2) is 18.9 Å². The van der Waals surface area contributed by atoms with Gasteiger partial charge in [0.15, 0.2) is 6.10 Å². The Hall–Kier alpha value is 0.480. The van der Waals surface area contributed by atoms with Crippen molar-refractivity contribution in [1.82, 2.24) is 0 Å². The number of hydrogen-bond acceptors (Lipinski definition) is 1. The average molecular weight is 240 g/mol. The van der Waals surface area contributed by atoms with Crippen LogP contribution in [0.15, 0.2) is 0 Å². The molecule has 50 valence electrons. The minimum atomic E-state index is -4.11. The largest absolute Gasteiger partial charge is 0.416 e. The highest BCUT2D eigenvalue weighted by Gasteiger charge is 2.49. The van der Waals surface area contributed by atoms with Crippen molar-refractivity contribution in [2.45, 2.75) is 12.3 Å². The van der Waals surface area contributed by atoms with Crippen LogP contribution in [0.3, 0.4) is 0 Å². The molecule has 0 radical (unpaired) electrons. The summed E-state index contributed by atoms with van der Waals surface area (Å²) in [7, 11) is 0. The molecule has 1 nitrogen and oxygen atoms in total. The number of rotatable bonds is 0. The summed E-state index contributed by atoms with van der Waals surface area (Å²) in [6.45, 7) is -0.149. The van der Waals surface area contributed by atoms with Gasteiger partial charge < -0.3 is 4.74 Å². The molecular formula is C3H4F3IO. The lowest BCUT2D eigenvalue weighted by atomic mass is 10.5. The van der Waals surface area contributed by atoms with E-state index in [4.69, 9.17) is 0 Å². The maximum atomic E-state index is 11.1. The van der Waals surface area contributed by atoms with Crippen LogP contribution in [0.1, 0.15) is 0 Å². The third-order valence-corrected chi connectivity index (χ3v) is 0.698. The van der Waals surface area contributed by atoms with E-state index in [1.54, 1.807) is 0 Å². The van der Waals surface area contributed by atoms with Crippen molar-refractivity contribution in [1.29, 1.82) is 0 Å². The minimum Gasteiger partial charge on any atom is -0.363 e. The van der Waals surface area contributed by atoms with E-state index < -0.39 is 12.3 Å². The first-order valence-corrected chi connectivity index (χ1v) is 1.79. The van der Waals surface area contributed by atoms with Crippen LogP contribution in [0, 0.1) is 0 Å². The third-order valence-electron chi connectivity index (χ3n) is 0.698. The smallest absolute Gasteiger partial charge is 0.363 e. The molecule has 1 atom stereocenters. The second-order valence-electron chi connectivity index (χ2n) is 1.36. The van der Waals surface area contributed by atoms with Crippen molar-refractivity contribution in [2.24, 2.45) is 0 Å². The lowest BCUT2D eigenvalue weighted by Gasteiger charge is -1.96. The Labute approximate surface area is 61.2 Å². The van der Waals surface area contributed by atoms with Gasteiger partial charge in [0, 0.05) is 0 Å². The van der Waals surface area contributed by atoms with Crippen LogP contribution in [0.5, 0.6) is 0 Å². The standard InChI is InChI=1S/C3H3F3O.HI/c4-3(5,6)2-1-7-2;/h2H,1H2;1H/t2-;/m0./s1. The topological polar surface area (TPSA) is 12.5 Å². The maximum absolute atomic E-state index is 11.1. The van der Waals surface area contributed by atoms with Gasteiger partial charge in [0.1, 0.15) is 0 Å². The van der Waals surface area contributed by atoms with Crippen LogP contribution < -0.4 is 0 Å². The Morgan fingerprint density at radius 1 is 1.38 bits per heavy atom. The number of epoxide rings is 1. The van der Waals surface area contributed by atoms with Gasteiger partial charge in [-0.2, -0.15) is 13.2 Å². The Bertz CT molecular complexity index is 77.1. The van der Waals surface area contributed by atoms with Gasteiger partial charge in [-0.05, 0) is 0 Å². The monoisotopic (exact) mass is 240 g/mol. The van der Waals surface area contributed by atoms with Gasteiger partial charge in [-0.15, -0.1) is 24.0 Å². The van der Waals surface area contributed by atoms with Gasteiger partial charge >= 0.3 is 6.18 Å². The zero-order chi connectivity index (χ0) is 5.49. The quantitative estimate of drug-likeness (QED) is 0.462. The molecule has 1 fully saturated rings. The van der Waals surface area contributed by atoms with Crippen molar-refractivity contribution in [3.8, 4) is 0 Å². The number of hydrogen-bond donors (Lipinski definition) is 0. The first-order valence-electron chi connectivity index (χ1n) is 1.79. The summed E-state index contributed by atoms with van der Waals surface area (Å²) in [6, 6.07) is 0. The van der Waals surface area contributed by atoms with Gasteiger partial charge in [-0.3, -0.25) is 0 Å². The van der Waals surface area contributed by atoms with Gasteiger partial charge in [0.2, 0.25) is 0 Å². The van der Waals surface area contributed by atoms with E-state index in [9.17, 15) is 13.2 Å². The van der Waals surface area contributed by atoms with E-state index in [0.29, 0.717) is 0 Å². The molecular weight excluding hydrogens is 236 g/mol. The first-order chi connectivity index (χ1) is 3.11. The highest BCUT2D eigenvalue weighted by molar-refractivity contribution is 14.0. The van der Waals surface area contributed by atoms with Crippen LogP contribution in [-0.2, 0) is 4.74 Å². The molecule has 5 heteroatoms. The van der Waals surface area contributed by atoms with E-state index in [0.717, 1.165) is 0 Å². The van der Waals surface area contributed by atoms with Crippen molar-refractivity contribution in [3.05, 3.63) is 0 Å². The lowest BCUT2D eigenvalue weighted by Crippen LogP contribution is -2.15. The van der Waals surface area contributed by atoms with Crippen molar-refractivity contribution in [3.63, 3.8) is 0 Å². The van der Waals surface area contributed by atoms with Crippen molar-refractivity contribution >= 4 is 24.0 Å². The van der Waals surface area contributed by atoms with Gasteiger partial charge in [-0.25, -0.2) is 0 Å². The molecule has 8 heavy (non-hydrogen) atoms. The lowest BCUT2D eigenvalue weighted by molar-refractivity contribution is -0.146. The molecule has 1 rings (SSSR count). The summed E-state index contributed by atoms with van der Waals surface area (Å²) >= 11 is 0. The number of ether oxygens (including phenoxy) is 1. The molecule has 1 aliphatic heterocycles. The summed E-state index contributed by atoms with van der Waals surface area (Å²) in [4.78, 5) is 0. The second kappa shape index (κ2) is 2.38. The first kappa shape index (κ1) is 8.48. The molecule has 0 unspecified atom stereocenters. The highest BCUT2D eigenvalue weighted by atomic mass is 127. The van der Waals surface area contributed by atoms with E-state index in [1.807, 2.05) is 0 Å². The molecule has 0 aromatic heterocycles. The van der Waals surface area contributed by atoms with E-state index in [-0.39, 0.29) is 30.6 Å². The summed E-state index contributed by atoms with van der Waals surface area (Å²) in [5.41, 5.74) is 0.